The van der Waals surface area contributed by atoms with E-state index in [2.05, 4.69) is 11.1 Å². The number of piperidine rings is 1. The van der Waals surface area contributed by atoms with Crippen LogP contribution in [0.5, 0.6) is 5.75 Å². The van der Waals surface area contributed by atoms with E-state index in [9.17, 15) is 10.1 Å². The summed E-state index contributed by atoms with van der Waals surface area (Å²) in [6.45, 7) is 1.09. The average molecular weight is 398 g/mol. The molecular formula is C20H16ClN3O4. The second-order valence-electron chi connectivity index (χ2n) is 6.37. The van der Waals surface area contributed by atoms with Gasteiger partial charge in [-0.1, -0.05) is 23.7 Å². The summed E-state index contributed by atoms with van der Waals surface area (Å²) < 4.78 is 16.5. The van der Waals surface area contributed by atoms with E-state index in [4.69, 9.17) is 25.2 Å². The summed E-state index contributed by atoms with van der Waals surface area (Å²) in [6.07, 6.45) is 2.66. The van der Waals surface area contributed by atoms with Crippen molar-refractivity contribution < 1.29 is 18.4 Å². The molecule has 0 radical (unpaired) electrons. The van der Waals surface area contributed by atoms with E-state index >= 15 is 0 Å². The Kier molecular flexibility index (Phi) is 5.04. The molecule has 142 valence electrons. The molecule has 28 heavy (non-hydrogen) atoms. The Bertz CT molecular complexity index is 1010. The van der Waals surface area contributed by atoms with Crippen molar-refractivity contribution in [3.63, 3.8) is 0 Å². The number of ether oxygens (including phenoxy) is 1. The molecule has 0 amide bonds. The fourth-order valence-electron chi connectivity index (χ4n) is 3.14. The molecule has 3 heterocycles. The number of nitrogens with zero attached hydrogens (tertiary/aromatic N) is 3. The Morgan fingerprint density at radius 2 is 2.04 bits per heavy atom. The summed E-state index contributed by atoms with van der Waals surface area (Å²) >= 11 is 6.05. The Labute approximate surface area is 166 Å². The fraction of sp³-hybridized carbons (Fsp3) is 0.250. The number of hydrogen-bond acceptors (Lipinski definition) is 7. The zero-order chi connectivity index (χ0) is 19.5. The molecule has 0 unspecified atom stereocenters. The van der Waals surface area contributed by atoms with Crippen molar-refractivity contribution in [1.29, 1.82) is 5.26 Å². The van der Waals surface area contributed by atoms with Crippen LogP contribution in [0.4, 0.5) is 5.88 Å². The van der Waals surface area contributed by atoms with E-state index in [0.717, 1.165) is 0 Å². The zero-order valence-corrected chi connectivity index (χ0v) is 15.6. The van der Waals surface area contributed by atoms with E-state index in [1.54, 1.807) is 36.4 Å². The molecule has 0 N–H and O–H groups in total. The van der Waals surface area contributed by atoms with Crippen molar-refractivity contribution in [3.8, 4) is 23.5 Å². The summed E-state index contributed by atoms with van der Waals surface area (Å²) in [7, 11) is 0. The van der Waals surface area contributed by atoms with Gasteiger partial charge < -0.3 is 18.5 Å². The number of esters is 1. The van der Waals surface area contributed by atoms with Gasteiger partial charge in [-0.05, 0) is 37.1 Å². The van der Waals surface area contributed by atoms with E-state index in [1.807, 2.05) is 4.90 Å². The molecule has 4 rings (SSSR count). The van der Waals surface area contributed by atoms with E-state index < -0.39 is 0 Å². The first-order valence-electron chi connectivity index (χ1n) is 8.81. The van der Waals surface area contributed by atoms with Crippen LogP contribution in [-0.2, 0) is 4.79 Å². The Morgan fingerprint density at radius 3 is 2.71 bits per heavy atom. The lowest BCUT2D eigenvalue weighted by molar-refractivity contribution is -0.139. The van der Waals surface area contributed by atoms with Crippen LogP contribution in [0.15, 0.2) is 51.5 Å². The molecule has 0 aliphatic carbocycles. The third-order valence-corrected chi connectivity index (χ3v) is 4.92. The third-order valence-electron chi connectivity index (χ3n) is 4.61. The maximum absolute atomic E-state index is 12.4. The molecule has 0 atom stereocenters. The van der Waals surface area contributed by atoms with Crippen molar-refractivity contribution in [3.05, 3.63) is 53.4 Å². The van der Waals surface area contributed by atoms with Gasteiger partial charge in [-0.25, -0.2) is 0 Å². The van der Waals surface area contributed by atoms with Crippen LogP contribution in [0.2, 0.25) is 5.02 Å². The van der Waals surface area contributed by atoms with Gasteiger partial charge in [0, 0.05) is 13.1 Å². The first-order chi connectivity index (χ1) is 13.7. The fourth-order valence-corrected chi connectivity index (χ4v) is 3.32. The molecule has 1 saturated heterocycles. The molecule has 0 saturated carbocycles. The lowest BCUT2D eigenvalue weighted by Crippen LogP contribution is -2.37. The second kappa shape index (κ2) is 7.79. The van der Waals surface area contributed by atoms with Gasteiger partial charge in [0.25, 0.3) is 5.89 Å². The largest absolute Gasteiger partial charge is 0.459 e. The number of nitriles is 1. The van der Waals surface area contributed by atoms with Gasteiger partial charge in [-0.2, -0.15) is 10.2 Å². The van der Waals surface area contributed by atoms with E-state index in [0.29, 0.717) is 48.3 Å². The second-order valence-corrected chi connectivity index (χ2v) is 6.78. The van der Waals surface area contributed by atoms with Crippen molar-refractivity contribution >= 4 is 23.5 Å². The molecular weight excluding hydrogens is 382 g/mol. The molecule has 1 fully saturated rings. The zero-order valence-electron chi connectivity index (χ0n) is 14.8. The molecule has 1 aliphatic heterocycles. The minimum absolute atomic E-state index is 0.198. The topological polar surface area (TPSA) is 92.5 Å². The highest BCUT2D eigenvalue weighted by molar-refractivity contribution is 6.32. The molecule has 1 aliphatic rings. The van der Waals surface area contributed by atoms with Gasteiger partial charge in [0.2, 0.25) is 11.6 Å². The highest BCUT2D eigenvalue weighted by Gasteiger charge is 2.30. The number of carbonyl (C=O) groups excluding carboxylic acids is 1. The molecule has 1 aromatic carbocycles. The predicted molar refractivity (Wildman–Crippen MR) is 101 cm³/mol. The SMILES string of the molecule is N#Cc1nc(-c2ccco2)oc1N1CCC(C(=O)Oc2ccccc2Cl)CC1. The van der Waals surface area contributed by atoms with Crippen molar-refractivity contribution in [1.82, 2.24) is 4.98 Å². The number of para-hydroxylation sites is 1. The summed E-state index contributed by atoms with van der Waals surface area (Å²) in [4.78, 5) is 18.6. The van der Waals surface area contributed by atoms with E-state index in [1.165, 1.54) is 6.26 Å². The normalized spacial score (nSPS) is 14.6. The number of benzene rings is 1. The van der Waals surface area contributed by atoms with Crippen LogP contribution in [0.3, 0.4) is 0 Å². The highest BCUT2D eigenvalue weighted by Crippen LogP contribution is 2.32. The Morgan fingerprint density at radius 1 is 1.25 bits per heavy atom. The number of carbonyl (C=O) groups is 1. The average Bonchev–Trinajstić information content (AvgIpc) is 3.39. The highest BCUT2D eigenvalue weighted by atomic mass is 35.5. The predicted octanol–water partition coefficient (Wildman–Crippen LogP) is 4.28. The van der Waals surface area contributed by atoms with Crippen LogP contribution < -0.4 is 9.64 Å². The lowest BCUT2D eigenvalue weighted by atomic mass is 9.97. The van der Waals surface area contributed by atoms with Gasteiger partial charge in [-0.15, -0.1) is 0 Å². The Hall–Kier alpha value is -3.24. The van der Waals surface area contributed by atoms with Crippen LogP contribution >= 0.6 is 11.6 Å². The van der Waals surface area contributed by atoms with Crippen LogP contribution in [0, 0.1) is 17.2 Å². The van der Waals surface area contributed by atoms with Crippen molar-refractivity contribution in [2.45, 2.75) is 12.8 Å². The quantitative estimate of drug-likeness (QED) is 0.479. The monoisotopic (exact) mass is 397 g/mol. The molecule has 0 bridgehead atoms. The van der Waals surface area contributed by atoms with E-state index in [-0.39, 0.29) is 23.5 Å². The van der Waals surface area contributed by atoms with Crippen LogP contribution in [-0.4, -0.2) is 24.0 Å². The van der Waals surface area contributed by atoms with Crippen molar-refractivity contribution in [2.75, 3.05) is 18.0 Å². The number of halogens is 1. The minimum Gasteiger partial charge on any atom is -0.459 e. The van der Waals surface area contributed by atoms with Gasteiger partial charge >= 0.3 is 5.97 Å². The summed E-state index contributed by atoms with van der Waals surface area (Å²) in [6, 6.07) is 12.4. The lowest BCUT2D eigenvalue weighted by Gasteiger charge is -2.30. The van der Waals surface area contributed by atoms with Gasteiger partial charge in [0.05, 0.1) is 17.2 Å². The standard InChI is InChI=1S/C20H16ClN3O4/c21-14-4-1-2-5-16(14)27-20(25)13-7-9-24(10-8-13)19-15(12-22)23-18(28-19)17-6-3-11-26-17/h1-6,11,13H,7-10H2. The van der Waals surface area contributed by atoms with Gasteiger partial charge in [0.1, 0.15) is 11.8 Å². The summed E-state index contributed by atoms with van der Waals surface area (Å²) in [5.41, 5.74) is 0.198. The first-order valence-corrected chi connectivity index (χ1v) is 9.19. The number of anilines is 1. The van der Waals surface area contributed by atoms with Gasteiger partial charge in [-0.3, -0.25) is 4.79 Å². The number of rotatable bonds is 4. The molecule has 7 nitrogen and oxygen atoms in total. The van der Waals surface area contributed by atoms with Crippen LogP contribution in [0.25, 0.3) is 11.7 Å². The third kappa shape index (κ3) is 3.59. The first kappa shape index (κ1) is 18.1. The van der Waals surface area contributed by atoms with Crippen LogP contribution in [0.1, 0.15) is 18.5 Å². The molecule has 2 aromatic heterocycles. The number of furan rings is 1. The molecule has 0 spiro atoms. The maximum Gasteiger partial charge on any atom is 0.314 e. The maximum atomic E-state index is 12.4. The van der Waals surface area contributed by atoms with Gasteiger partial charge in [0.15, 0.2) is 5.76 Å². The molecule has 8 heteroatoms. The van der Waals surface area contributed by atoms with Crippen molar-refractivity contribution in [2.24, 2.45) is 5.92 Å². The Balaban J connectivity index is 1.42. The number of oxazole rings is 1. The summed E-state index contributed by atoms with van der Waals surface area (Å²) in [5.74, 6) is 0.930. The smallest absolute Gasteiger partial charge is 0.314 e. The molecule has 3 aromatic rings. The number of aromatic nitrogens is 1. The number of hydrogen-bond donors (Lipinski definition) is 0. The summed E-state index contributed by atoms with van der Waals surface area (Å²) in [5, 5.41) is 9.78. The minimum atomic E-state index is -0.304.